The molecule has 2 aromatic heterocycles. The van der Waals surface area contributed by atoms with Crippen molar-refractivity contribution >= 4 is 17.2 Å². The summed E-state index contributed by atoms with van der Waals surface area (Å²) in [7, 11) is 0. The van der Waals surface area contributed by atoms with E-state index in [4.69, 9.17) is 9.63 Å². The number of hydrogen-bond donors (Lipinski definition) is 2. The van der Waals surface area contributed by atoms with Crippen LogP contribution >= 0.6 is 11.3 Å². The van der Waals surface area contributed by atoms with Crippen LogP contribution in [0.15, 0.2) is 28.1 Å². The fraction of sp³-hybridized carbons (Fsp3) is 0.429. The van der Waals surface area contributed by atoms with Gasteiger partial charge in [-0.1, -0.05) is 11.2 Å². The van der Waals surface area contributed by atoms with Gasteiger partial charge in [0, 0.05) is 19.2 Å². The molecule has 1 aliphatic rings. The maximum absolute atomic E-state index is 12.0. The molecule has 6 heteroatoms. The number of aromatic nitrogens is 1. The van der Waals surface area contributed by atoms with Crippen molar-refractivity contribution in [2.45, 2.75) is 19.3 Å². The van der Waals surface area contributed by atoms with Gasteiger partial charge in [-0.25, -0.2) is 0 Å². The van der Waals surface area contributed by atoms with Crippen molar-refractivity contribution in [3.05, 3.63) is 29.3 Å². The standard InChI is InChI=1S/C14H16N2O3S/c17-6-5-14(3-4-14)9-15-13(18)10-8-11(19-16-10)12-2-1-7-20-12/h1-2,7-8,17H,3-6,9H2,(H,15,18). The summed E-state index contributed by atoms with van der Waals surface area (Å²) in [5, 5.41) is 17.6. The van der Waals surface area contributed by atoms with Crippen LogP contribution in [0.5, 0.6) is 0 Å². The molecule has 0 spiro atoms. The van der Waals surface area contributed by atoms with Crippen molar-refractivity contribution in [1.82, 2.24) is 10.5 Å². The van der Waals surface area contributed by atoms with Crippen LogP contribution in [-0.4, -0.2) is 29.3 Å². The summed E-state index contributed by atoms with van der Waals surface area (Å²) in [5.41, 5.74) is 0.401. The second kappa shape index (κ2) is 5.38. The van der Waals surface area contributed by atoms with Crippen LogP contribution in [0, 0.1) is 5.41 Å². The summed E-state index contributed by atoms with van der Waals surface area (Å²) in [6.07, 6.45) is 2.87. The average molecular weight is 292 g/mol. The quantitative estimate of drug-likeness (QED) is 0.856. The van der Waals surface area contributed by atoms with E-state index in [1.807, 2.05) is 17.5 Å². The fourth-order valence-electron chi connectivity index (χ4n) is 2.20. The molecule has 2 heterocycles. The first-order chi connectivity index (χ1) is 9.72. The number of hydrogen-bond acceptors (Lipinski definition) is 5. The van der Waals surface area contributed by atoms with Crippen molar-refractivity contribution in [1.29, 1.82) is 0 Å². The smallest absolute Gasteiger partial charge is 0.273 e. The zero-order valence-corrected chi connectivity index (χ0v) is 11.8. The van der Waals surface area contributed by atoms with E-state index in [-0.39, 0.29) is 17.9 Å². The predicted octanol–water partition coefficient (Wildman–Crippen LogP) is 2.30. The monoisotopic (exact) mass is 292 g/mol. The molecule has 0 aromatic carbocycles. The number of nitrogens with zero attached hydrogens (tertiary/aromatic N) is 1. The molecule has 0 bridgehead atoms. The van der Waals surface area contributed by atoms with Crippen molar-refractivity contribution in [2.75, 3.05) is 13.2 Å². The Morgan fingerprint density at radius 2 is 2.40 bits per heavy atom. The van der Waals surface area contributed by atoms with Crippen LogP contribution < -0.4 is 5.32 Å². The Labute approximate surface area is 120 Å². The van der Waals surface area contributed by atoms with Gasteiger partial charge in [0.15, 0.2) is 11.5 Å². The van der Waals surface area contributed by atoms with Crippen molar-refractivity contribution in [3.8, 4) is 10.6 Å². The lowest BCUT2D eigenvalue weighted by molar-refractivity contribution is 0.0932. The molecule has 0 aliphatic heterocycles. The lowest BCUT2D eigenvalue weighted by Crippen LogP contribution is -2.30. The molecule has 1 amide bonds. The van der Waals surface area contributed by atoms with E-state index in [0.717, 1.165) is 24.1 Å². The van der Waals surface area contributed by atoms with Crippen molar-refractivity contribution < 1.29 is 14.4 Å². The first-order valence-corrected chi connectivity index (χ1v) is 7.50. The molecule has 1 fully saturated rings. The molecule has 0 radical (unpaired) electrons. The molecule has 2 N–H and O–H groups in total. The van der Waals surface area contributed by atoms with E-state index in [9.17, 15) is 4.79 Å². The van der Waals surface area contributed by atoms with E-state index in [1.165, 1.54) is 0 Å². The molecule has 0 unspecified atom stereocenters. The lowest BCUT2D eigenvalue weighted by Gasteiger charge is -2.13. The molecular formula is C14H16N2O3S. The maximum Gasteiger partial charge on any atom is 0.273 e. The number of aliphatic hydroxyl groups excluding tert-OH is 1. The Bertz CT molecular complexity index is 587. The second-order valence-electron chi connectivity index (χ2n) is 5.21. The van der Waals surface area contributed by atoms with Crippen LogP contribution in [0.1, 0.15) is 29.8 Å². The zero-order chi connectivity index (χ0) is 14.0. The number of rotatable bonds is 6. The van der Waals surface area contributed by atoms with Gasteiger partial charge >= 0.3 is 0 Å². The van der Waals surface area contributed by atoms with Gasteiger partial charge in [-0.3, -0.25) is 4.79 Å². The maximum atomic E-state index is 12.0. The van der Waals surface area contributed by atoms with E-state index in [1.54, 1.807) is 17.4 Å². The van der Waals surface area contributed by atoms with Crippen molar-refractivity contribution in [3.63, 3.8) is 0 Å². The summed E-state index contributed by atoms with van der Waals surface area (Å²) in [5.74, 6) is 0.391. The third kappa shape index (κ3) is 2.76. The normalized spacial score (nSPS) is 16.1. The minimum Gasteiger partial charge on any atom is -0.396 e. The van der Waals surface area contributed by atoms with Gasteiger partial charge in [0.25, 0.3) is 5.91 Å². The Morgan fingerprint density at radius 1 is 1.55 bits per heavy atom. The van der Waals surface area contributed by atoms with Gasteiger partial charge in [0.05, 0.1) is 4.88 Å². The van der Waals surface area contributed by atoms with Crippen LogP contribution in [0.4, 0.5) is 0 Å². The third-order valence-corrected chi connectivity index (χ3v) is 4.61. The predicted molar refractivity (Wildman–Crippen MR) is 75.5 cm³/mol. The minimum absolute atomic E-state index is 0.102. The first-order valence-electron chi connectivity index (χ1n) is 6.62. The van der Waals surface area contributed by atoms with Gasteiger partial charge < -0.3 is 14.9 Å². The summed E-state index contributed by atoms with van der Waals surface area (Å²) in [6, 6.07) is 5.51. The molecule has 2 aromatic rings. The largest absolute Gasteiger partial charge is 0.396 e. The minimum atomic E-state index is -0.222. The Morgan fingerprint density at radius 3 is 3.05 bits per heavy atom. The van der Waals surface area contributed by atoms with Gasteiger partial charge in [-0.05, 0) is 36.1 Å². The molecular weight excluding hydrogens is 276 g/mol. The van der Waals surface area contributed by atoms with E-state index in [2.05, 4.69) is 10.5 Å². The molecule has 5 nitrogen and oxygen atoms in total. The molecule has 106 valence electrons. The summed E-state index contributed by atoms with van der Waals surface area (Å²) >= 11 is 1.54. The highest BCUT2D eigenvalue weighted by Crippen LogP contribution is 2.47. The molecule has 1 aliphatic carbocycles. The number of aliphatic hydroxyl groups is 1. The highest BCUT2D eigenvalue weighted by atomic mass is 32.1. The van der Waals surface area contributed by atoms with Gasteiger partial charge in [0.2, 0.25) is 0 Å². The van der Waals surface area contributed by atoms with Gasteiger partial charge in [0.1, 0.15) is 0 Å². The first kappa shape index (κ1) is 13.3. The number of thiophene rings is 1. The highest BCUT2D eigenvalue weighted by molar-refractivity contribution is 7.13. The SMILES string of the molecule is O=C(NCC1(CCO)CC1)c1cc(-c2cccs2)on1. The van der Waals surface area contributed by atoms with E-state index in [0.29, 0.717) is 18.0 Å². The summed E-state index contributed by atoms with van der Waals surface area (Å²) in [6.45, 7) is 0.760. The number of amides is 1. The third-order valence-electron chi connectivity index (χ3n) is 3.73. The lowest BCUT2D eigenvalue weighted by atomic mass is 10.0. The molecule has 1 saturated carbocycles. The van der Waals surface area contributed by atoms with Crippen LogP contribution in [-0.2, 0) is 0 Å². The average Bonchev–Trinajstić information content (AvgIpc) is 2.89. The van der Waals surface area contributed by atoms with Crippen LogP contribution in [0.25, 0.3) is 10.6 Å². The Hall–Kier alpha value is -1.66. The van der Waals surface area contributed by atoms with Crippen LogP contribution in [0.3, 0.4) is 0 Å². The molecule has 3 rings (SSSR count). The molecule has 0 saturated heterocycles. The fourth-order valence-corrected chi connectivity index (χ4v) is 2.88. The highest BCUT2D eigenvalue weighted by Gasteiger charge is 2.42. The van der Waals surface area contributed by atoms with Gasteiger partial charge in [-0.15, -0.1) is 11.3 Å². The number of nitrogens with one attached hydrogen (secondary N) is 1. The van der Waals surface area contributed by atoms with Crippen molar-refractivity contribution in [2.24, 2.45) is 5.41 Å². The van der Waals surface area contributed by atoms with E-state index >= 15 is 0 Å². The van der Waals surface area contributed by atoms with Crippen LogP contribution in [0.2, 0.25) is 0 Å². The molecule has 0 atom stereocenters. The summed E-state index contributed by atoms with van der Waals surface area (Å²) < 4.78 is 5.18. The summed E-state index contributed by atoms with van der Waals surface area (Å²) in [4.78, 5) is 13.0. The number of carbonyl (C=O) groups is 1. The Kier molecular flexibility index (Phi) is 3.58. The topological polar surface area (TPSA) is 75.4 Å². The number of carbonyl (C=O) groups excluding carboxylic acids is 1. The Balaban J connectivity index is 1.60. The van der Waals surface area contributed by atoms with Gasteiger partial charge in [-0.2, -0.15) is 0 Å². The zero-order valence-electron chi connectivity index (χ0n) is 11.0. The van der Waals surface area contributed by atoms with E-state index < -0.39 is 0 Å². The second-order valence-corrected chi connectivity index (χ2v) is 6.16. The molecule has 20 heavy (non-hydrogen) atoms.